The summed E-state index contributed by atoms with van der Waals surface area (Å²) in [6.07, 6.45) is -1.60. The zero-order valence-electron chi connectivity index (χ0n) is 32.0. The minimum Gasteiger partial charge on any atom is -0.496 e. The summed E-state index contributed by atoms with van der Waals surface area (Å²) in [5, 5.41) is 16.4. The molecule has 0 saturated carbocycles. The molecule has 18 nitrogen and oxygen atoms in total. The Kier molecular flexibility index (Phi) is 11.8. The molecule has 4 heterocycles. The van der Waals surface area contributed by atoms with Crippen molar-refractivity contribution >= 4 is 58.5 Å². The molecule has 6 rings (SSSR count). The van der Waals surface area contributed by atoms with Crippen molar-refractivity contribution < 1.29 is 52.9 Å². The third-order valence-corrected chi connectivity index (χ3v) is 9.88. The number of nitrogens with zero attached hydrogens (tertiary/aromatic N) is 4. The number of nitrogens with one attached hydrogen (secondary N) is 3. The fourth-order valence-electron chi connectivity index (χ4n) is 7.21. The van der Waals surface area contributed by atoms with Gasteiger partial charge < -0.3 is 34.4 Å². The van der Waals surface area contributed by atoms with Gasteiger partial charge in [-0.2, -0.15) is 0 Å². The molecule has 4 N–H and O–H groups in total. The monoisotopic (exact) mass is 785 g/mol. The van der Waals surface area contributed by atoms with Crippen LogP contribution in [-0.4, -0.2) is 121 Å². The van der Waals surface area contributed by atoms with E-state index >= 15 is 0 Å². The first-order valence-electron chi connectivity index (χ1n) is 18.2. The maximum atomic E-state index is 13.5. The summed E-state index contributed by atoms with van der Waals surface area (Å²) < 4.78 is 17.4. The van der Waals surface area contributed by atoms with E-state index in [1.54, 1.807) is 32.4 Å². The van der Waals surface area contributed by atoms with Crippen molar-refractivity contribution in [3.8, 4) is 11.5 Å². The summed E-state index contributed by atoms with van der Waals surface area (Å²) >= 11 is 0. The fourth-order valence-corrected chi connectivity index (χ4v) is 7.21. The van der Waals surface area contributed by atoms with E-state index in [2.05, 4.69) is 15.6 Å². The van der Waals surface area contributed by atoms with Gasteiger partial charge in [-0.05, 0) is 44.3 Å². The Hall–Kier alpha value is -6.40. The van der Waals surface area contributed by atoms with Crippen LogP contribution in [-0.2, 0) is 32.1 Å². The van der Waals surface area contributed by atoms with E-state index in [9.17, 15) is 38.7 Å². The molecule has 3 atom stereocenters. The van der Waals surface area contributed by atoms with Crippen molar-refractivity contribution in [1.29, 1.82) is 0 Å². The number of carboxylic acid groups (broad SMARTS) is 1. The number of methoxy groups -OCH3 is 2. The SMILES string of the molecule is COc1cc(N2CC(C)C(=O)c3ncc(CC(OCCNc4cccc5c4C(=O)N(C4CCC(=O)NC4=O)C5=O)C(=O)NC(=O)O)cc32)cc(OC)c1CN(C)C. The van der Waals surface area contributed by atoms with E-state index in [1.165, 1.54) is 12.3 Å². The molecule has 1 saturated heterocycles. The maximum Gasteiger partial charge on any atom is 0.411 e. The smallest absolute Gasteiger partial charge is 0.411 e. The third kappa shape index (κ3) is 8.27. The minimum atomic E-state index is -1.58. The minimum absolute atomic E-state index is 0.00732. The van der Waals surface area contributed by atoms with E-state index in [0.717, 1.165) is 10.5 Å². The number of amides is 6. The van der Waals surface area contributed by atoms with Gasteiger partial charge in [0.1, 0.15) is 29.3 Å². The number of aromatic nitrogens is 1. The number of carbonyl (C=O) groups excluding carboxylic acids is 6. The van der Waals surface area contributed by atoms with Gasteiger partial charge in [0.15, 0.2) is 5.78 Å². The van der Waals surface area contributed by atoms with Gasteiger partial charge in [-0.3, -0.25) is 49.3 Å². The van der Waals surface area contributed by atoms with Gasteiger partial charge in [0.2, 0.25) is 11.8 Å². The topological polar surface area (TPSA) is 226 Å². The van der Waals surface area contributed by atoms with Crippen LogP contribution in [0.25, 0.3) is 0 Å². The highest BCUT2D eigenvalue weighted by atomic mass is 16.5. The summed E-state index contributed by atoms with van der Waals surface area (Å²) in [5.41, 5.74) is 3.10. The molecule has 0 radical (unpaired) electrons. The van der Waals surface area contributed by atoms with Crippen LogP contribution >= 0.6 is 0 Å². The molecule has 3 aromatic rings. The highest BCUT2D eigenvalue weighted by Crippen LogP contribution is 2.41. The molecule has 1 aromatic heterocycles. The number of ether oxygens (including phenoxy) is 3. The predicted molar refractivity (Wildman–Crippen MR) is 203 cm³/mol. The molecule has 0 spiro atoms. The number of pyridine rings is 1. The predicted octanol–water partition coefficient (Wildman–Crippen LogP) is 2.37. The van der Waals surface area contributed by atoms with E-state index in [1.807, 2.05) is 48.3 Å². The van der Waals surface area contributed by atoms with Crippen molar-refractivity contribution in [2.75, 3.05) is 58.2 Å². The second-order valence-electron chi connectivity index (χ2n) is 14.1. The van der Waals surface area contributed by atoms with Gasteiger partial charge in [0.25, 0.3) is 17.7 Å². The van der Waals surface area contributed by atoms with Crippen molar-refractivity contribution in [2.24, 2.45) is 5.92 Å². The highest BCUT2D eigenvalue weighted by Gasteiger charge is 2.45. The number of carbonyl (C=O) groups is 7. The molecule has 300 valence electrons. The number of anilines is 3. The second kappa shape index (κ2) is 16.8. The van der Waals surface area contributed by atoms with Crippen LogP contribution < -0.4 is 30.3 Å². The number of Topliss-reactive ketones (excluding diaryl/α,β-unsaturated/α-hetero) is 1. The lowest BCUT2D eigenvalue weighted by Crippen LogP contribution is -2.54. The number of rotatable bonds is 14. The van der Waals surface area contributed by atoms with Gasteiger partial charge in [0, 0.05) is 68.1 Å². The normalized spacial score (nSPS) is 18.2. The van der Waals surface area contributed by atoms with Crippen LogP contribution in [0.15, 0.2) is 42.6 Å². The number of fused-ring (bicyclic) bond motifs is 2. The Labute approximate surface area is 327 Å². The molecule has 3 unspecified atom stereocenters. The van der Waals surface area contributed by atoms with E-state index in [4.69, 9.17) is 14.2 Å². The first-order valence-corrected chi connectivity index (χ1v) is 18.2. The van der Waals surface area contributed by atoms with Crippen molar-refractivity contribution in [2.45, 2.75) is 44.9 Å². The first kappa shape index (κ1) is 40.3. The number of hydrogen-bond donors (Lipinski definition) is 4. The van der Waals surface area contributed by atoms with Gasteiger partial charge in [-0.15, -0.1) is 0 Å². The second-order valence-corrected chi connectivity index (χ2v) is 14.1. The average Bonchev–Trinajstić information content (AvgIpc) is 3.42. The number of ketones is 1. The molecule has 1 fully saturated rings. The molecule has 0 aliphatic carbocycles. The molecular weight excluding hydrogens is 742 g/mol. The Morgan fingerprint density at radius 2 is 1.77 bits per heavy atom. The lowest BCUT2D eigenvalue weighted by Gasteiger charge is -2.34. The van der Waals surface area contributed by atoms with Crippen molar-refractivity contribution in [1.82, 2.24) is 25.4 Å². The molecule has 18 heteroatoms. The Morgan fingerprint density at radius 3 is 2.42 bits per heavy atom. The van der Waals surface area contributed by atoms with Crippen LogP contribution in [0.4, 0.5) is 21.9 Å². The summed E-state index contributed by atoms with van der Waals surface area (Å²) in [7, 11) is 6.99. The molecule has 6 amide bonds. The standard InChI is InChI=1S/C39H43N7O11/c1-20-18-45(22-15-28(55-4)24(19-44(2)3)29(16-22)56-5)27-13-21(17-41-33(27)34(20)48)14-30(36(50)43-39(53)54)57-12-11-40-25-8-6-7-23-32(25)38(52)46(37(23)51)26-9-10-31(47)42-35(26)49/h6-8,13,15-17,20,26,30,40H,9-12,14,18-19H2,1-5H3,(H,43,50)(H,53,54)(H,42,47,49). The Bertz CT molecular complexity index is 2130. The molecule has 0 bridgehead atoms. The van der Waals surface area contributed by atoms with E-state index in [0.29, 0.717) is 41.5 Å². The van der Waals surface area contributed by atoms with E-state index in [-0.39, 0.29) is 60.7 Å². The largest absolute Gasteiger partial charge is 0.496 e. The lowest BCUT2D eigenvalue weighted by atomic mass is 9.94. The zero-order chi connectivity index (χ0) is 41.1. The van der Waals surface area contributed by atoms with Crippen molar-refractivity contribution in [3.63, 3.8) is 0 Å². The Morgan fingerprint density at radius 1 is 1.05 bits per heavy atom. The number of piperidine rings is 1. The molecular formula is C39H43N7O11. The van der Waals surface area contributed by atoms with Gasteiger partial charge in [-0.25, -0.2) is 4.79 Å². The average molecular weight is 786 g/mol. The summed E-state index contributed by atoms with van der Waals surface area (Å²) in [5.74, 6) is -2.90. The number of imide groups is 3. The van der Waals surface area contributed by atoms with Crippen LogP contribution in [0.5, 0.6) is 11.5 Å². The fraction of sp³-hybridized carbons (Fsp3) is 0.385. The maximum absolute atomic E-state index is 13.5. The Balaban J connectivity index is 1.21. The molecule has 3 aliphatic heterocycles. The van der Waals surface area contributed by atoms with Gasteiger partial charge >= 0.3 is 6.09 Å². The van der Waals surface area contributed by atoms with Crippen LogP contribution in [0.3, 0.4) is 0 Å². The third-order valence-electron chi connectivity index (χ3n) is 9.88. The highest BCUT2D eigenvalue weighted by molar-refractivity contribution is 6.25. The molecule has 57 heavy (non-hydrogen) atoms. The van der Waals surface area contributed by atoms with E-state index < -0.39 is 53.7 Å². The quantitative estimate of drug-likeness (QED) is 0.136. The van der Waals surface area contributed by atoms with Gasteiger partial charge in [0.05, 0.1) is 43.2 Å². The lowest BCUT2D eigenvalue weighted by molar-refractivity contribution is -0.136. The van der Waals surface area contributed by atoms with Crippen LogP contribution in [0, 0.1) is 5.92 Å². The molecule has 3 aliphatic rings. The summed E-state index contributed by atoms with van der Waals surface area (Å²) in [4.78, 5) is 98.0. The molecule has 2 aromatic carbocycles. The van der Waals surface area contributed by atoms with Crippen LogP contribution in [0.2, 0.25) is 0 Å². The zero-order valence-corrected chi connectivity index (χ0v) is 32.0. The van der Waals surface area contributed by atoms with Crippen LogP contribution in [0.1, 0.15) is 62.1 Å². The summed E-state index contributed by atoms with van der Waals surface area (Å²) in [6.45, 7) is 2.53. The summed E-state index contributed by atoms with van der Waals surface area (Å²) in [6, 6.07) is 8.89. The van der Waals surface area contributed by atoms with Gasteiger partial charge in [-0.1, -0.05) is 13.0 Å². The van der Waals surface area contributed by atoms with Crippen molar-refractivity contribution in [3.05, 3.63) is 70.5 Å². The first-order chi connectivity index (χ1) is 27.2. The number of hydrogen-bond acceptors (Lipinski definition) is 14. The number of benzene rings is 2.